The average molecular weight is 347 g/mol. The van der Waals surface area contributed by atoms with Gasteiger partial charge in [-0.1, -0.05) is 12.1 Å². The van der Waals surface area contributed by atoms with Crippen LogP contribution in [0, 0.1) is 0 Å². The quantitative estimate of drug-likeness (QED) is 0.897. The highest BCUT2D eigenvalue weighted by Gasteiger charge is 2.21. The number of carbonyl (C=O) groups excluding carboxylic acids is 1. The van der Waals surface area contributed by atoms with Crippen molar-refractivity contribution in [3.05, 3.63) is 53.6 Å². The highest BCUT2D eigenvalue weighted by Crippen LogP contribution is 2.30. The lowest BCUT2D eigenvalue weighted by molar-refractivity contribution is 0.0789. The lowest BCUT2D eigenvalue weighted by Crippen LogP contribution is -2.40. The molecule has 0 radical (unpaired) electrons. The third kappa shape index (κ3) is 3.26. The largest absolute Gasteiger partial charge is 0.486 e. The molecule has 1 atom stereocenters. The SMILES string of the molecule is Cl.O=C(NCC1COc2ccccc2O1)c1ccc2c(c1)CCN2. The molecule has 0 saturated heterocycles. The molecule has 2 N–H and O–H groups in total. The predicted octanol–water partition coefficient (Wildman–Crippen LogP) is 2.65. The number of rotatable bonds is 3. The van der Waals surface area contributed by atoms with Crippen molar-refractivity contribution in [3.63, 3.8) is 0 Å². The molecule has 5 nitrogen and oxygen atoms in total. The van der Waals surface area contributed by atoms with Gasteiger partial charge in [0.2, 0.25) is 0 Å². The van der Waals surface area contributed by atoms with Crippen LogP contribution in [0.25, 0.3) is 0 Å². The molecule has 2 aromatic carbocycles. The molecular weight excluding hydrogens is 328 g/mol. The Labute approximate surface area is 146 Å². The van der Waals surface area contributed by atoms with Crippen molar-refractivity contribution in [2.45, 2.75) is 12.5 Å². The molecule has 2 heterocycles. The molecule has 2 aliphatic heterocycles. The Balaban J connectivity index is 0.00000169. The van der Waals surface area contributed by atoms with Crippen molar-refractivity contribution in [2.75, 3.05) is 25.0 Å². The van der Waals surface area contributed by atoms with Gasteiger partial charge in [0.1, 0.15) is 12.7 Å². The number of carbonyl (C=O) groups is 1. The topological polar surface area (TPSA) is 59.6 Å². The van der Waals surface area contributed by atoms with Crippen LogP contribution in [0.1, 0.15) is 15.9 Å². The number of ether oxygens (including phenoxy) is 2. The lowest BCUT2D eigenvalue weighted by atomic mass is 10.1. The molecule has 1 amide bonds. The Kier molecular flexibility index (Phi) is 4.81. The van der Waals surface area contributed by atoms with Gasteiger partial charge in [0.25, 0.3) is 5.91 Å². The zero-order chi connectivity index (χ0) is 15.6. The van der Waals surface area contributed by atoms with Crippen LogP contribution in [0.2, 0.25) is 0 Å². The first kappa shape index (κ1) is 16.5. The van der Waals surface area contributed by atoms with E-state index in [0.29, 0.717) is 18.7 Å². The molecule has 0 saturated carbocycles. The summed E-state index contributed by atoms with van der Waals surface area (Å²) < 4.78 is 11.5. The highest BCUT2D eigenvalue weighted by molar-refractivity contribution is 5.95. The Bertz CT molecular complexity index is 751. The second-order valence-electron chi connectivity index (χ2n) is 5.76. The maximum absolute atomic E-state index is 12.3. The van der Waals surface area contributed by atoms with Crippen LogP contribution in [0.3, 0.4) is 0 Å². The van der Waals surface area contributed by atoms with E-state index in [0.717, 1.165) is 30.2 Å². The third-order valence-corrected chi connectivity index (χ3v) is 4.14. The number of anilines is 1. The second-order valence-corrected chi connectivity index (χ2v) is 5.76. The summed E-state index contributed by atoms with van der Waals surface area (Å²) >= 11 is 0. The van der Waals surface area contributed by atoms with E-state index in [1.54, 1.807) is 0 Å². The van der Waals surface area contributed by atoms with Crippen molar-refractivity contribution in [3.8, 4) is 11.5 Å². The fraction of sp³-hybridized carbons (Fsp3) is 0.278. The molecule has 6 heteroatoms. The number of fused-ring (bicyclic) bond motifs is 2. The molecule has 2 aromatic rings. The molecule has 0 aliphatic carbocycles. The summed E-state index contributed by atoms with van der Waals surface area (Å²) in [5.41, 5.74) is 3.01. The summed E-state index contributed by atoms with van der Waals surface area (Å²) in [5, 5.41) is 6.22. The molecule has 0 spiro atoms. The number of hydrogen-bond acceptors (Lipinski definition) is 4. The van der Waals surface area contributed by atoms with Gasteiger partial charge >= 0.3 is 0 Å². The number of nitrogens with one attached hydrogen (secondary N) is 2. The summed E-state index contributed by atoms with van der Waals surface area (Å²) in [7, 11) is 0. The van der Waals surface area contributed by atoms with Crippen molar-refractivity contribution >= 4 is 24.0 Å². The smallest absolute Gasteiger partial charge is 0.251 e. The molecule has 126 valence electrons. The van der Waals surface area contributed by atoms with E-state index in [-0.39, 0.29) is 24.4 Å². The zero-order valence-corrected chi connectivity index (χ0v) is 13.9. The van der Waals surface area contributed by atoms with E-state index in [1.807, 2.05) is 42.5 Å². The molecule has 24 heavy (non-hydrogen) atoms. The Morgan fingerprint density at radius 3 is 2.92 bits per heavy atom. The Morgan fingerprint density at radius 2 is 2.04 bits per heavy atom. The second kappa shape index (κ2) is 7.01. The van der Waals surface area contributed by atoms with Crippen LogP contribution in [0.4, 0.5) is 5.69 Å². The van der Waals surface area contributed by atoms with Crippen LogP contribution < -0.4 is 20.1 Å². The summed E-state index contributed by atoms with van der Waals surface area (Å²) in [6, 6.07) is 13.3. The minimum absolute atomic E-state index is 0. The van der Waals surface area contributed by atoms with E-state index in [4.69, 9.17) is 9.47 Å². The molecule has 2 aliphatic rings. The molecule has 0 fully saturated rings. The standard InChI is InChI=1S/C18H18N2O3.ClH/c21-18(13-5-6-15-12(9-13)7-8-19-15)20-10-14-11-22-16-3-1-2-4-17(16)23-14;/h1-6,9,14,19H,7-8,10-11H2,(H,20,21);1H. The number of amides is 1. The van der Waals surface area contributed by atoms with Crippen molar-refractivity contribution in [2.24, 2.45) is 0 Å². The average Bonchev–Trinajstić information content (AvgIpc) is 3.07. The fourth-order valence-electron chi connectivity index (χ4n) is 2.92. The van der Waals surface area contributed by atoms with Crippen LogP contribution >= 0.6 is 12.4 Å². The maximum atomic E-state index is 12.3. The van der Waals surface area contributed by atoms with E-state index < -0.39 is 0 Å². The number of para-hydroxylation sites is 2. The molecular formula is C18H19ClN2O3. The molecule has 0 aromatic heterocycles. The third-order valence-electron chi connectivity index (χ3n) is 4.14. The van der Waals surface area contributed by atoms with Gasteiger partial charge < -0.3 is 20.1 Å². The van der Waals surface area contributed by atoms with Crippen LogP contribution in [0.5, 0.6) is 11.5 Å². The number of benzene rings is 2. The van der Waals surface area contributed by atoms with Crippen molar-refractivity contribution < 1.29 is 14.3 Å². The van der Waals surface area contributed by atoms with Gasteiger partial charge in [0, 0.05) is 17.8 Å². The Hall–Kier alpha value is -2.40. The highest BCUT2D eigenvalue weighted by atomic mass is 35.5. The number of halogens is 1. The molecule has 4 rings (SSSR count). The van der Waals surface area contributed by atoms with E-state index in [9.17, 15) is 4.79 Å². The first-order valence-corrected chi connectivity index (χ1v) is 7.83. The van der Waals surface area contributed by atoms with Gasteiger partial charge in [-0.25, -0.2) is 0 Å². The summed E-state index contributed by atoms with van der Waals surface area (Å²) in [4.78, 5) is 12.3. The minimum atomic E-state index is -0.176. The summed E-state index contributed by atoms with van der Waals surface area (Å²) in [5.74, 6) is 1.39. The summed E-state index contributed by atoms with van der Waals surface area (Å²) in [6.07, 6.45) is 0.789. The first-order valence-electron chi connectivity index (χ1n) is 7.83. The molecule has 0 bridgehead atoms. The van der Waals surface area contributed by atoms with E-state index in [2.05, 4.69) is 10.6 Å². The van der Waals surface area contributed by atoms with Gasteiger partial charge in [-0.3, -0.25) is 4.79 Å². The predicted molar refractivity (Wildman–Crippen MR) is 94.6 cm³/mol. The lowest BCUT2D eigenvalue weighted by Gasteiger charge is -2.26. The summed E-state index contributed by atoms with van der Waals surface area (Å²) in [6.45, 7) is 1.79. The van der Waals surface area contributed by atoms with Crippen molar-refractivity contribution in [1.29, 1.82) is 0 Å². The van der Waals surface area contributed by atoms with Gasteiger partial charge in [-0.05, 0) is 42.3 Å². The maximum Gasteiger partial charge on any atom is 0.251 e. The first-order chi connectivity index (χ1) is 11.3. The molecule has 1 unspecified atom stereocenters. The van der Waals surface area contributed by atoms with Gasteiger partial charge in [0.05, 0.1) is 6.54 Å². The Morgan fingerprint density at radius 1 is 1.21 bits per heavy atom. The van der Waals surface area contributed by atoms with Crippen LogP contribution in [0.15, 0.2) is 42.5 Å². The van der Waals surface area contributed by atoms with Gasteiger partial charge in [0.15, 0.2) is 11.5 Å². The fourth-order valence-corrected chi connectivity index (χ4v) is 2.92. The zero-order valence-electron chi connectivity index (χ0n) is 13.1. The van der Waals surface area contributed by atoms with E-state index >= 15 is 0 Å². The van der Waals surface area contributed by atoms with E-state index in [1.165, 1.54) is 5.56 Å². The van der Waals surface area contributed by atoms with Gasteiger partial charge in [-0.2, -0.15) is 0 Å². The van der Waals surface area contributed by atoms with Gasteiger partial charge in [-0.15, -0.1) is 12.4 Å². The number of hydrogen-bond donors (Lipinski definition) is 2. The van der Waals surface area contributed by atoms with Crippen LogP contribution in [-0.2, 0) is 6.42 Å². The minimum Gasteiger partial charge on any atom is -0.486 e. The van der Waals surface area contributed by atoms with Crippen molar-refractivity contribution in [1.82, 2.24) is 5.32 Å². The normalized spacial score (nSPS) is 17.2. The van der Waals surface area contributed by atoms with Crippen LogP contribution in [-0.4, -0.2) is 31.7 Å². The monoisotopic (exact) mass is 346 g/mol.